The Labute approximate surface area is 80.8 Å². The van der Waals surface area contributed by atoms with Crippen LogP contribution >= 0.6 is 0 Å². The Hall–Kier alpha value is -0.830. The van der Waals surface area contributed by atoms with Crippen LogP contribution < -0.4 is 5.32 Å². The first-order valence-electron chi connectivity index (χ1n) is 4.54. The first kappa shape index (κ1) is 12.2. The topological polar surface area (TPSA) is 32.3 Å². The van der Waals surface area contributed by atoms with Gasteiger partial charge in [0.25, 0.3) is 0 Å². The third-order valence-corrected chi connectivity index (χ3v) is 1.77. The van der Waals surface area contributed by atoms with E-state index in [1.807, 2.05) is 21.0 Å². The Morgan fingerprint density at radius 2 is 2.08 bits per heavy atom. The molecule has 0 aliphatic carbocycles. The molecule has 0 aliphatic rings. The first-order chi connectivity index (χ1) is 5.93. The number of hydrogen-bond donors (Lipinski definition) is 1. The fourth-order valence-corrected chi connectivity index (χ4v) is 0.871. The largest absolute Gasteiger partial charge is 0.350 e. The lowest BCUT2D eigenvalue weighted by atomic mass is 10.2. The second-order valence-corrected chi connectivity index (χ2v) is 3.75. The molecule has 0 radical (unpaired) electrons. The Bertz CT molecular complexity index is 187. The van der Waals surface area contributed by atoms with Gasteiger partial charge in [-0.25, -0.2) is 0 Å². The fraction of sp³-hybridized carbons (Fsp3) is 0.700. The second-order valence-electron chi connectivity index (χ2n) is 3.75. The van der Waals surface area contributed by atoms with Crippen LogP contribution in [0, 0.1) is 0 Å². The van der Waals surface area contributed by atoms with Gasteiger partial charge in [-0.05, 0) is 40.9 Å². The van der Waals surface area contributed by atoms with E-state index >= 15 is 0 Å². The third-order valence-electron chi connectivity index (χ3n) is 1.77. The number of nitrogens with zero attached hydrogens (tertiary/aromatic N) is 1. The molecule has 1 unspecified atom stereocenters. The van der Waals surface area contributed by atoms with E-state index in [2.05, 4.69) is 16.8 Å². The van der Waals surface area contributed by atoms with Crippen molar-refractivity contribution in [2.75, 3.05) is 20.6 Å². The Morgan fingerprint density at radius 1 is 1.54 bits per heavy atom. The highest BCUT2D eigenvalue weighted by molar-refractivity contribution is 5.92. The summed E-state index contributed by atoms with van der Waals surface area (Å²) in [5, 5.41) is 2.87. The van der Waals surface area contributed by atoms with E-state index in [1.54, 1.807) is 6.92 Å². The molecule has 13 heavy (non-hydrogen) atoms. The van der Waals surface area contributed by atoms with Crippen LogP contribution in [0.3, 0.4) is 0 Å². The van der Waals surface area contributed by atoms with Crippen LogP contribution in [0.4, 0.5) is 0 Å². The van der Waals surface area contributed by atoms with Gasteiger partial charge in [-0.2, -0.15) is 0 Å². The van der Waals surface area contributed by atoms with Crippen molar-refractivity contribution in [3.63, 3.8) is 0 Å². The SMILES string of the molecule is C=C(C)C(=O)NC(C)CCN(C)C. The summed E-state index contributed by atoms with van der Waals surface area (Å²) < 4.78 is 0. The number of rotatable bonds is 5. The lowest BCUT2D eigenvalue weighted by Gasteiger charge is -2.16. The van der Waals surface area contributed by atoms with Crippen LogP contribution in [0.5, 0.6) is 0 Å². The lowest BCUT2D eigenvalue weighted by Crippen LogP contribution is -2.34. The van der Waals surface area contributed by atoms with Gasteiger partial charge in [-0.1, -0.05) is 6.58 Å². The van der Waals surface area contributed by atoms with Gasteiger partial charge < -0.3 is 10.2 Å². The maximum absolute atomic E-state index is 11.2. The van der Waals surface area contributed by atoms with Crippen LogP contribution in [0.25, 0.3) is 0 Å². The molecule has 0 saturated heterocycles. The zero-order valence-corrected chi connectivity index (χ0v) is 9.05. The standard InChI is InChI=1S/C10H20N2O/c1-8(2)10(13)11-9(3)6-7-12(4)5/h9H,1,6-7H2,2-5H3,(H,11,13). The second kappa shape index (κ2) is 5.75. The minimum atomic E-state index is -0.0498. The molecule has 1 N–H and O–H groups in total. The van der Waals surface area contributed by atoms with Crippen molar-refractivity contribution < 1.29 is 4.79 Å². The van der Waals surface area contributed by atoms with Crippen molar-refractivity contribution >= 4 is 5.91 Å². The normalized spacial score (nSPS) is 12.7. The van der Waals surface area contributed by atoms with E-state index < -0.39 is 0 Å². The van der Waals surface area contributed by atoms with Crippen LogP contribution in [0.15, 0.2) is 12.2 Å². The van der Waals surface area contributed by atoms with E-state index in [4.69, 9.17) is 0 Å². The van der Waals surface area contributed by atoms with Crippen LogP contribution in [-0.2, 0) is 4.79 Å². The molecule has 0 spiro atoms. The molecular weight excluding hydrogens is 164 g/mol. The summed E-state index contributed by atoms with van der Waals surface area (Å²) in [5.74, 6) is -0.0498. The summed E-state index contributed by atoms with van der Waals surface area (Å²) in [4.78, 5) is 13.3. The molecule has 0 fully saturated rings. The van der Waals surface area contributed by atoms with Crippen molar-refractivity contribution in [2.24, 2.45) is 0 Å². The highest BCUT2D eigenvalue weighted by Crippen LogP contribution is 1.94. The molecule has 0 bridgehead atoms. The van der Waals surface area contributed by atoms with E-state index in [0.717, 1.165) is 13.0 Å². The summed E-state index contributed by atoms with van der Waals surface area (Å²) in [7, 11) is 4.04. The summed E-state index contributed by atoms with van der Waals surface area (Å²) in [5.41, 5.74) is 0.566. The summed E-state index contributed by atoms with van der Waals surface area (Å²) in [6.07, 6.45) is 0.964. The molecule has 0 aliphatic heterocycles. The molecule has 0 aromatic carbocycles. The van der Waals surface area contributed by atoms with Gasteiger partial charge in [0.2, 0.25) is 5.91 Å². The van der Waals surface area contributed by atoms with Crippen molar-refractivity contribution in [1.29, 1.82) is 0 Å². The third kappa shape index (κ3) is 6.34. The molecular formula is C10H20N2O. The van der Waals surface area contributed by atoms with Gasteiger partial charge in [0.15, 0.2) is 0 Å². The van der Waals surface area contributed by atoms with Crippen molar-refractivity contribution in [1.82, 2.24) is 10.2 Å². The van der Waals surface area contributed by atoms with E-state index in [-0.39, 0.29) is 11.9 Å². The van der Waals surface area contributed by atoms with Crippen molar-refractivity contribution in [3.05, 3.63) is 12.2 Å². The number of carbonyl (C=O) groups is 1. The van der Waals surface area contributed by atoms with E-state index in [1.165, 1.54) is 0 Å². The monoisotopic (exact) mass is 184 g/mol. The quantitative estimate of drug-likeness (QED) is 0.647. The fourth-order valence-electron chi connectivity index (χ4n) is 0.871. The lowest BCUT2D eigenvalue weighted by molar-refractivity contribution is -0.118. The number of amides is 1. The van der Waals surface area contributed by atoms with Gasteiger partial charge in [0, 0.05) is 11.6 Å². The maximum atomic E-state index is 11.2. The average molecular weight is 184 g/mol. The maximum Gasteiger partial charge on any atom is 0.246 e. The molecule has 76 valence electrons. The van der Waals surface area contributed by atoms with E-state index in [9.17, 15) is 4.79 Å². The Kier molecular flexibility index (Phi) is 5.39. The molecule has 0 rings (SSSR count). The first-order valence-corrected chi connectivity index (χ1v) is 4.54. The predicted octanol–water partition coefficient (Wildman–Crippen LogP) is 1.02. The molecule has 1 amide bonds. The molecule has 0 aromatic rings. The number of hydrogen-bond acceptors (Lipinski definition) is 2. The average Bonchev–Trinajstić information content (AvgIpc) is 2.00. The van der Waals surface area contributed by atoms with Gasteiger partial charge in [-0.3, -0.25) is 4.79 Å². The highest BCUT2D eigenvalue weighted by atomic mass is 16.1. The molecule has 3 heteroatoms. The van der Waals surface area contributed by atoms with Crippen LogP contribution in [0.1, 0.15) is 20.3 Å². The number of carbonyl (C=O) groups excluding carboxylic acids is 1. The van der Waals surface area contributed by atoms with Gasteiger partial charge in [0.05, 0.1) is 0 Å². The molecule has 1 atom stereocenters. The molecule has 0 heterocycles. The highest BCUT2D eigenvalue weighted by Gasteiger charge is 2.07. The number of nitrogens with one attached hydrogen (secondary N) is 1. The van der Waals surface area contributed by atoms with Crippen LogP contribution in [0.2, 0.25) is 0 Å². The van der Waals surface area contributed by atoms with Gasteiger partial charge in [-0.15, -0.1) is 0 Å². The van der Waals surface area contributed by atoms with Crippen LogP contribution in [-0.4, -0.2) is 37.5 Å². The van der Waals surface area contributed by atoms with Crippen molar-refractivity contribution in [3.8, 4) is 0 Å². The van der Waals surface area contributed by atoms with Crippen molar-refractivity contribution in [2.45, 2.75) is 26.3 Å². The summed E-state index contributed by atoms with van der Waals surface area (Å²) in [6, 6.07) is 0.214. The minimum Gasteiger partial charge on any atom is -0.350 e. The minimum absolute atomic E-state index is 0.0498. The van der Waals surface area contributed by atoms with Gasteiger partial charge in [0.1, 0.15) is 0 Å². The van der Waals surface area contributed by atoms with Gasteiger partial charge >= 0.3 is 0 Å². The summed E-state index contributed by atoms with van der Waals surface area (Å²) in [6.45, 7) is 8.29. The molecule has 0 saturated carbocycles. The van der Waals surface area contributed by atoms with E-state index in [0.29, 0.717) is 5.57 Å². The summed E-state index contributed by atoms with van der Waals surface area (Å²) >= 11 is 0. The predicted molar refractivity (Wildman–Crippen MR) is 55.6 cm³/mol. The zero-order chi connectivity index (χ0) is 10.4. The zero-order valence-electron chi connectivity index (χ0n) is 9.05. The molecule has 3 nitrogen and oxygen atoms in total. The smallest absolute Gasteiger partial charge is 0.246 e. The molecule has 0 aromatic heterocycles. The Morgan fingerprint density at radius 3 is 2.46 bits per heavy atom. The Balaban J connectivity index is 3.68.